The van der Waals surface area contributed by atoms with Crippen molar-refractivity contribution in [2.24, 2.45) is 0 Å². The third-order valence-corrected chi connectivity index (χ3v) is 5.94. The summed E-state index contributed by atoms with van der Waals surface area (Å²) in [5.41, 5.74) is 0. The minimum absolute atomic E-state index is 0.0446. The zero-order valence-corrected chi connectivity index (χ0v) is 12.6. The predicted molar refractivity (Wildman–Crippen MR) is 71.8 cm³/mol. The molecular weight excluding hydrogens is 322 g/mol. The molecular formula is C11H13NO7S2. The molecule has 0 radical (unpaired) electrons. The highest BCUT2D eigenvalue weighted by atomic mass is 32.2. The van der Waals surface area contributed by atoms with Gasteiger partial charge >= 0.3 is 11.9 Å². The van der Waals surface area contributed by atoms with Crippen LogP contribution in [-0.2, 0) is 24.3 Å². The molecule has 0 spiro atoms. The van der Waals surface area contributed by atoms with Crippen molar-refractivity contribution >= 4 is 33.3 Å². The number of esters is 1. The van der Waals surface area contributed by atoms with Crippen LogP contribution in [0, 0.1) is 0 Å². The van der Waals surface area contributed by atoms with E-state index in [-0.39, 0.29) is 29.5 Å². The molecule has 0 aliphatic carbocycles. The van der Waals surface area contributed by atoms with Gasteiger partial charge in [-0.3, -0.25) is 4.79 Å². The largest absolute Gasteiger partial charge is 0.477 e. The summed E-state index contributed by atoms with van der Waals surface area (Å²) in [6, 6.07) is 0.100. The van der Waals surface area contributed by atoms with Crippen LogP contribution in [-0.4, -0.2) is 62.7 Å². The molecule has 1 atom stereocenters. The van der Waals surface area contributed by atoms with Crippen molar-refractivity contribution in [1.82, 2.24) is 4.31 Å². The molecule has 0 saturated carbocycles. The average Bonchev–Trinajstić information content (AvgIpc) is 2.97. The van der Waals surface area contributed by atoms with E-state index in [0.29, 0.717) is 0 Å². The van der Waals surface area contributed by atoms with Gasteiger partial charge in [0, 0.05) is 6.54 Å². The van der Waals surface area contributed by atoms with Crippen LogP contribution in [0.4, 0.5) is 0 Å². The van der Waals surface area contributed by atoms with Crippen molar-refractivity contribution < 1.29 is 32.6 Å². The topological polar surface area (TPSA) is 110 Å². The molecule has 10 heteroatoms. The summed E-state index contributed by atoms with van der Waals surface area (Å²) in [4.78, 5) is 22.2. The van der Waals surface area contributed by atoms with Crippen molar-refractivity contribution in [3.63, 3.8) is 0 Å². The third kappa shape index (κ3) is 2.93. The van der Waals surface area contributed by atoms with Crippen LogP contribution in [0.2, 0.25) is 0 Å². The second-order valence-corrected chi connectivity index (χ2v) is 6.92. The van der Waals surface area contributed by atoms with Crippen LogP contribution >= 0.6 is 11.3 Å². The lowest BCUT2D eigenvalue weighted by Crippen LogP contribution is -2.52. The summed E-state index contributed by atoms with van der Waals surface area (Å²) < 4.78 is 35.8. The number of sulfonamides is 1. The Bertz CT molecular complexity index is 651. The lowest BCUT2D eigenvalue weighted by Gasteiger charge is -2.32. The van der Waals surface area contributed by atoms with Crippen molar-refractivity contribution in [2.45, 2.75) is 10.9 Å². The Labute approximate surface area is 124 Å². The number of methoxy groups -OCH3 is 1. The number of hydrogen-bond donors (Lipinski definition) is 1. The van der Waals surface area contributed by atoms with Crippen LogP contribution in [0.5, 0.6) is 0 Å². The average molecular weight is 335 g/mol. The van der Waals surface area contributed by atoms with Gasteiger partial charge in [-0.25, -0.2) is 13.2 Å². The lowest BCUT2D eigenvalue weighted by molar-refractivity contribution is -0.149. The maximum atomic E-state index is 12.6. The molecule has 2 heterocycles. The van der Waals surface area contributed by atoms with E-state index in [1.807, 2.05) is 0 Å². The van der Waals surface area contributed by atoms with E-state index in [9.17, 15) is 18.0 Å². The first-order valence-corrected chi connectivity index (χ1v) is 8.19. The molecule has 1 aromatic rings. The van der Waals surface area contributed by atoms with Crippen LogP contribution in [0.1, 0.15) is 9.67 Å². The van der Waals surface area contributed by atoms with Crippen LogP contribution in [0.15, 0.2) is 16.3 Å². The molecule has 8 nitrogen and oxygen atoms in total. The highest BCUT2D eigenvalue weighted by Gasteiger charge is 2.40. The van der Waals surface area contributed by atoms with E-state index in [4.69, 9.17) is 9.84 Å². The Morgan fingerprint density at radius 2 is 2.24 bits per heavy atom. The van der Waals surface area contributed by atoms with E-state index < -0.39 is 28.0 Å². The van der Waals surface area contributed by atoms with Gasteiger partial charge in [0.2, 0.25) is 10.0 Å². The van der Waals surface area contributed by atoms with E-state index in [2.05, 4.69) is 4.74 Å². The maximum absolute atomic E-state index is 12.6. The summed E-state index contributed by atoms with van der Waals surface area (Å²) in [6.07, 6.45) is 0. The van der Waals surface area contributed by atoms with Gasteiger partial charge < -0.3 is 14.6 Å². The Kier molecular flexibility index (Phi) is 4.61. The molecule has 1 N–H and O–H groups in total. The number of morpholine rings is 1. The molecule has 1 fully saturated rings. The van der Waals surface area contributed by atoms with Crippen LogP contribution < -0.4 is 0 Å². The van der Waals surface area contributed by atoms with E-state index >= 15 is 0 Å². The van der Waals surface area contributed by atoms with Crippen molar-refractivity contribution in [3.05, 3.63) is 16.3 Å². The van der Waals surface area contributed by atoms with E-state index in [1.165, 1.54) is 11.4 Å². The number of carbonyl (C=O) groups excluding carboxylic acids is 1. The molecule has 1 aliphatic rings. The summed E-state index contributed by atoms with van der Waals surface area (Å²) >= 11 is 0.811. The standard InChI is InChI=1S/C11H13NO7S2/c1-18-11(15)7-6-19-4-3-12(7)21(16,17)8-2-5-20-9(8)10(13)14/h2,5,7H,3-4,6H2,1H3,(H,13,14). The highest BCUT2D eigenvalue weighted by molar-refractivity contribution is 7.89. The monoisotopic (exact) mass is 335 g/mol. The normalized spacial score (nSPS) is 20.1. The molecule has 116 valence electrons. The predicted octanol–water partition coefficient (Wildman–Crippen LogP) is 0.00880. The number of hydrogen-bond acceptors (Lipinski definition) is 7. The maximum Gasteiger partial charge on any atom is 0.347 e. The van der Waals surface area contributed by atoms with Gasteiger partial charge in [0.05, 0.1) is 20.3 Å². The van der Waals surface area contributed by atoms with Gasteiger partial charge in [0.1, 0.15) is 15.8 Å². The van der Waals surface area contributed by atoms with E-state index in [1.54, 1.807) is 0 Å². The first-order chi connectivity index (χ1) is 9.89. The lowest BCUT2D eigenvalue weighted by atomic mass is 10.3. The summed E-state index contributed by atoms with van der Waals surface area (Å²) in [5.74, 6) is -2.07. The number of rotatable bonds is 4. The molecule has 1 aliphatic heterocycles. The fourth-order valence-corrected chi connectivity index (χ4v) is 4.76. The first kappa shape index (κ1) is 15.9. The van der Waals surface area contributed by atoms with Crippen LogP contribution in [0.3, 0.4) is 0 Å². The zero-order chi connectivity index (χ0) is 15.6. The number of carbonyl (C=O) groups is 2. The summed E-state index contributed by atoms with van der Waals surface area (Å²) in [6.45, 7) is -0.0469. The third-order valence-electron chi connectivity index (χ3n) is 2.96. The van der Waals surface area contributed by atoms with Gasteiger partial charge in [0.25, 0.3) is 0 Å². The number of thiophene rings is 1. The number of carboxylic acid groups (broad SMARTS) is 1. The molecule has 1 aromatic heterocycles. The second-order valence-electron chi connectivity index (χ2n) is 4.15. The Morgan fingerprint density at radius 1 is 1.52 bits per heavy atom. The molecule has 1 saturated heterocycles. The molecule has 0 aromatic carbocycles. The minimum Gasteiger partial charge on any atom is -0.477 e. The number of aromatic carboxylic acids is 1. The smallest absolute Gasteiger partial charge is 0.347 e. The van der Waals surface area contributed by atoms with Crippen molar-refractivity contribution in [3.8, 4) is 0 Å². The molecule has 1 unspecified atom stereocenters. The second kappa shape index (κ2) is 6.10. The van der Waals surface area contributed by atoms with Crippen LogP contribution in [0.25, 0.3) is 0 Å². The molecule has 21 heavy (non-hydrogen) atoms. The van der Waals surface area contributed by atoms with E-state index in [0.717, 1.165) is 22.8 Å². The Morgan fingerprint density at radius 3 is 2.86 bits per heavy atom. The Hall–Kier alpha value is -1.49. The fraction of sp³-hybridized carbons (Fsp3) is 0.455. The fourth-order valence-electron chi connectivity index (χ4n) is 1.98. The number of carboxylic acids is 1. The van der Waals surface area contributed by atoms with Gasteiger partial charge in [0.15, 0.2) is 0 Å². The quantitative estimate of drug-likeness (QED) is 0.772. The number of nitrogens with zero attached hydrogens (tertiary/aromatic N) is 1. The van der Waals surface area contributed by atoms with Gasteiger partial charge in [-0.1, -0.05) is 0 Å². The summed E-state index contributed by atoms with van der Waals surface area (Å²) in [5, 5.41) is 10.4. The van der Waals surface area contributed by atoms with Gasteiger partial charge in [-0.05, 0) is 11.4 Å². The Balaban J connectivity index is 2.43. The van der Waals surface area contributed by atoms with Crippen molar-refractivity contribution in [2.75, 3.05) is 26.9 Å². The highest BCUT2D eigenvalue weighted by Crippen LogP contribution is 2.27. The summed E-state index contributed by atoms with van der Waals surface area (Å²) in [7, 11) is -2.97. The number of ether oxygens (including phenoxy) is 2. The molecule has 2 rings (SSSR count). The van der Waals surface area contributed by atoms with Gasteiger partial charge in [-0.2, -0.15) is 4.31 Å². The zero-order valence-electron chi connectivity index (χ0n) is 11.0. The molecule has 0 amide bonds. The first-order valence-electron chi connectivity index (χ1n) is 5.87. The van der Waals surface area contributed by atoms with Gasteiger partial charge in [-0.15, -0.1) is 11.3 Å². The van der Waals surface area contributed by atoms with Crippen molar-refractivity contribution in [1.29, 1.82) is 0 Å². The molecule has 0 bridgehead atoms. The minimum atomic E-state index is -4.12. The SMILES string of the molecule is COC(=O)C1COCCN1S(=O)(=O)c1ccsc1C(=O)O.